The molecule has 1 rings (SSSR count). The minimum Gasteiger partial charge on any atom is -0.545 e. The third kappa shape index (κ3) is 2.76. The maximum Gasteiger partial charge on any atom is 1.00 e. The van der Waals surface area contributed by atoms with Gasteiger partial charge in [-0.05, 0) is 12.1 Å². The molecule has 0 atom stereocenters. The van der Waals surface area contributed by atoms with Crippen LogP contribution in [0.2, 0.25) is 10.0 Å². The zero-order chi connectivity index (χ0) is 9.30. The SMILES string of the molecule is O=C([O-])c1ccc(Cl)c(Cl)c1O.[Na+]. The van der Waals surface area contributed by atoms with Gasteiger partial charge in [-0.2, -0.15) is 0 Å². The fourth-order valence-corrected chi connectivity index (χ4v) is 1.02. The number of aromatic hydroxyl groups is 1. The van der Waals surface area contributed by atoms with Crippen molar-refractivity contribution in [1.82, 2.24) is 0 Å². The van der Waals surface area contributed by atoms with E-state index in [4.69, 9.17) is 28.3 Å². The molecule has 0 spiro atoms. The molecule has 0 aromatic heterocycles. The molecule has 0 aliphatic heterocycles. The molecule has 6 heteroatoms. The summed E-state index contributed by atoms with van der Waals surface area (Å²) in [6.07, 6.45) is 0. The number of carboxylic acids is 1. The Morgan fingerprint density at radius 2 is 1.92 bits per heavy atom. The number of carboxylic acid groups (broad SMARTS) is 1. The molecule has 0 fully saturated rings. The van der Waals surface area contributed by atoms with E-state index >= 15 is 0 Å². The Labute approximate surface area is 107 Å². The first-order valence-electron chi connectivity index (χ1n) is 2.92. The van der Waals surface area contributed by atoms with Crippen LogP contribution in [0.15, 0.2) is 12.1 Å². The summed E-state index contributed by atoms with van der Waals surface area (Å²) in [4.78, 5) is 10.3. The first-order valence-corrected chi connectivity index (χ1v) is 3.68. The number of carbonyl (C=O) groups excluding carboxylic acids is 1. The quantitative estimate of drug-likeness (QED) is 0.570. The fraction of sp³-hybridized carbons (Fsp3) is 0. The Morgan fingerprint density at radius 1 is 1.38 bits per heavy atom. The van der Waals surface area contributed by atoms with Crippen LogP contribution in [0.3, 0.4) is 0 Å². The predicted molar refractivity (Wildman–Crippen MR) is 42.5 cm³/mol. The normalized spacial score (nSPS) is 9.08. The average molecular weight is 229 g/mol. The van der Waals surface area contributed by atoms with Gasteiger partial charge >= 0.3 is 29.6 Å². The third-order valence-electron chi connectivity index (χ3n) is 1.29. The fourth-order valence-electron chi connectivity index (χ4n) is 0.705. The Bertz CT molecular complexity index is 341. The van der Waals surface area contributed by atoms with Crippen LogP contribution >= 0.6 is 23.2 Å². The Kier molecular flexibility index (Phi) is 5.10. The molecular formula is C7H3Cl2NaO3. The van der Waals surface area contributed by atoms with Crippen LogP contribution in [-0.2, 0) is 0 Å². The van der Waals surface area contributed by atoms with Gasteiger partial charge in [0, 0.05) is 5.56 Å². The topological polar surface area (TPSA) is 60.4 Å². The van der Waals surface area contributed by atoms with Crippen molar-refractivity contribution in [2.24, 2.45) is 0 Å². The van der Waals surface area contributed by atoms with Gasteiger partial charge in [0.25, 0.3) is 0 Å². The average Bonchev–Trinajstić information content (AvgIpc) is 2.00. The second-order valence-corrected chi connectivity index (χ2v) is 2.83. The summed E-state index contributed by atoms with van der Waals surface area (Å²) < 4.78 is 0. The second kappa shape index (κ2) is 5.08. The summed E-state index contributed by atoms with van der Waals surface area (Å²) in [5, 5.41) is 19.3. The van der Waals surface area contributed by atoms with Gasteiger partial charge in [-0.25, -0.2) is 0 Å². The minimum absolute atomic E-state index is 0. The standard InChI is InChI=1S/C7H4Cl2O3.Na/c8-4-2-1-3(7(11)12)6(10)5(4)9;/h1-2,10H,(H,11,12);/q;+1/p-1. The second-order valence-electron chi connectivity index (χ2n) is 2.04. The molecule has 1 N–H and O–H groups in total. The zero-order valence-electron chi connectivity index (χ0n) is 6.67. The van der Waals surface area contributed by atoms with E-state index in [1.54, 1.807) is 0 Å². The van der Waals surface area contributed by atoms with E-state index in [1.165, 1.54) is 6.07 Å². The van der Waals surface area contributed by atoms with Gasteiger partial charge < -0.3 is 15.0 Å². The van der Waals surface area contributed by atoms with Crippen LogP contribution in [0.4, 0.5) is 0 Å². The monoisotopic (exact) mass is 228 g/mol. The van der Waals surface area contributed by atoms with Crippen molar-refractivity contribution in [2.75, 3.05) is 0 Å². The Balaban J connectivity index is 0.00000144. The van der Waals surface area contributed by atoms with Gasteiger partial charge in [-0.1, -0.05) is 23.2 Å². The molecule has 0 bridgehead atoms. The summed E-state index contributed by atoms with van der Waals surface area (Å²) in [6.45, 7) is 0. The van der Waals surface area contributed by atoms with E-state index in [9.17, 15) is 9.90 Å². The molecule has 13 heavy (non-hydrogen) atoms. The van der Waals surface area contributed by atoms with Gasteiger partial charge in [-0.15, -0.1) is 0 Å². The van der Waals surface area contributed by atoms with Crippen molar-refractivity contribution >= 4 is 29.2 Å². The van der Waals surface area contributed by atoms with Crippen LogP contribution in [0.5, 0.6) is 5.75 Å². The predicted octanol–water partition coefficient (Wildman–Crippen LogP) is -1.93. The molecule has 0 amide bonds. The maximum atomic E-state index is 10.3. The first kappa shape index (κ1) is 13.1. The van der Waals surface area contributed by atoms with E-state index < -0.39 is 11.7 Å². The van der Waals surface area contributed by atoms with Crippen molar-refractivity contribution in [3.63, 3.8) is 0 Å². The van der Waals surface area contributed by atoms with Crippen molar-refractivity contribution in [1.29, 1.82) is 0 Å². The number of carbonyl (C=O) groups is 1. The third-order valence-corrected chi connectivity index (χ3v) is 2.08. The van der Waals surface area contributed by atoms with E-state index in [-0.39, 0.29) is 45.2 Å². The van der Waals surface area contributed by atoms with E-state index in [0.717, 1.165) is 6.07 Å². The number of halogens is 2. The van der Waals surface area contributed by atoms with Gasteiger partial charge in [0.15, 0.2) is 0 Å². The van der Waals surface area contributed by atoms with Gasteiger partial charge in [0.2, 0.25) is 0 Å². The maximum absolute atomic E-state index is 10.3. The van der Waals surface area contributed by atoms with Gasteiger partial charge in [0.1, 0.15) is 10.8 Å². The number of hydrogen-bond donors (Lipinski definition) is 1. The molecule has 0 saturated carbocycles. The Hall–Kier alpha value is 0.0700. The number of benzene rings is 1. The van der Waals surface area contributed by atoms with E-state index in [0.29, 0.717) is 0 Å². The van der Waals surface area contributed by atoms with Crippen molar-refractivity contribution in [3.8, 4) is 5.75 Å². The molecule has 0 heterocycles. The number of phenols is 1. The van der Waals surface area contributed by atoms with Crippen LogP contribution in [-0.4, -0.2) is 11.1 Å². The molecule has 1 aromatic carbocycles. The number of hydrogen-bond acceptors (Lipinski definition) is 3. The Morgan fingerprint density at radius 3 is 2.38 bits per heavy atom. The van der Waals surface area contributed by atoms with E-state index in [1.807, 2.05) is 0 Å². The summed E-state index contributed by atoms with van der Waals surface area (Å²) in [7, 11) is 0. The van der Waals surface area contributed by atoms with E-state index in [2.05, 4.69) is 0 Å². The molecule has 0 unspecified atom stereocenters. The largest absolute Gasteiger partial charge is 1.00 e. The smallest absolute Gasteiger partial charge is 0.545 e. The molecule has 0 aliphatic carbocycles. The summed E-state index contributed by atoms with van der Waals surface area (Å²) in [6, 6.07) is 2.40. The van der Waals surface area contributed by atoms with Crippen LogP contribution in [0.25, 0.3) is 0 Å². The van der Waals surface area contributed by atoms with Crippen LogP contribution in [0, 0.1) is 0 Å². The minimum atomic E-state index is -1.49. The molecular weight excluding hydrogens is 226 g/mol. The molecule has 1 aromatic rings. The molecule has 0 aliphatic rings. The number of aromatic carboxylic acids is 1. The van der Waals surface area contributed by atoms with Crippen molar-refractivity contribution in [3.05, 3.63) is 27.7 Å². The summed E-state index contributed by atoms with van der Waals surface area (Å²) in [5.41, 5.74) is -0.371. The van der Waals surface area contributed by atoms with Crippen molar-refractivity contribution < 1.29 is 44.6 Å². The number of rotatable bonds is 1. The van der Waals surface area contributed by atoms with Gasteiger partial charge in [-0.3, -0.25) is 0 Å². The molecule has 64 valence electrons. The summed E-state index contributed by atoms with van der Waals surface area (Å²) in [5.74, 6) is -2.06. The van der Waals surface area contributed by atoms with Gasteiger partial charge in [0.05, 0.1) is 11.0 Å². The molecule has 0 saturated heterocycles. The van der Waals surface area contributed by atoms with Crippen LogP contribution in [0.1, 0.15) is 10.4 Å². The zero-order valence-corrected chi connectivity index (χ0v) is 10.2. The first-order chi connectivity index (χ1) is 5.54. The van der Waals surface area contributed by atoms with Crippen molar-refractivity contribution in [2.45, 2.75) is 0 Å². The summed E-state index contributed by atoms with van der Waals surface area (Å²) >= 11 is 10.9. The van der Waals surface area contributed by atoms with Crippen LogP contribution < -0.4 is 34.7 Å². The molecule has 0 radical (unpaired) electrons. The molecule has 3 nitrogen and oxygen atoms in total.